The number of carbonyl (C=O) groups is 1. The van der Waals surface area contributed by atoms with Gasteiger partial charge in [-0.2, -0.15) is 0 Å². The number of thiazole rings is 1. The molecular formula is C13H14N2O2S. The van der Waals surface area contributed by atoms with Gasteiger partial charge < -0.3 is 10.4 Å². The molecule has 0 spiro atoms. The molecule has 2 rings (SSSR count). The van der Waals surface area contributed by atoms with Crippen LogP contribution in [0.3, 0.4) is 0 Å². The molecule has 1 heterocycles. The fourth-order valence-corrected chi connectivity index (χ4v) is 2.27. The Hall–Kier alpha value is -1.88. The Kier molecular flexibility index (Phi) is 3.62. The summed E-state index contributed by atoms with van der Waals surface area (Å²) in [4.78, 5) is 15.0. The number of nitrogens with zero attached hydrogens (tertiary/aromatic N) is 1. The molecule has 1 aromatic heterocycles. The van der Waals surface area contributed by atoms with Crippen LogP contribution < -0.4 is 5.32 Å². The first-order valence-corrected chi connectivity index (χ1v) is 6.37. The molecule has 0 radical (unpaired) electrons. The van der Waals surface area contributed by atoms with Gasteiger partial charge in [0.05, 0.1) is 6.20 Å². The summed E-state index contributed by atoms with van der Waals surface area (Å²) in [5.41, 5.74) is 3.62. The van der Waals surface area contributed by atoms with Crippen LogP contribution in [0.2, 0.25) is 0 Å². The highest BCUT2D eigenvalue weighted by molar-refractivity contribution is 7.17. The number of carboxylic acids is 1. The normalized spacial score (nSPS) is 10.3. The van der Waals surface area contributed by atoms with Gasteiger partial charge in [-0.25, -0.2) is 9.78 Å². The molecule has 4 nitrogen and oxygen atoms in total. The van der Waals surface area contributed by atoms with Crippen LogP contribution >= 0.6 is 11.3 Å². The minimum absolute atomic E-state index is 0.249. The van der Waals surface area contributed by atoms with E-state index in [1.807, 2.05) is 0 Å². The number of rotatable bonds is 4. The highest BCUT2D eigenvalue weighted by Crippen LogP contribution is 2.19. The molecule has 1 aromatic carbocycles. The van der Waals surface area contributed by atoms with Crippen molar-refractivity contribution in [3.05, 3.63) is 46.0 Å². The van der Waals surface area contributed by atoms with E-state index in [-0.39, 0.29) is 4.88 Å². The van der Waals surface area contributed by atoms with E-state index in [0.29, 0.717) is 11.7 Å². The summed E-state index contributed by atoms with van der Waals surface area (Å²) < 4.78 is 0. The summed E-state index contributed by atoms with van der Waals surface area (Å²) in [6, 6.07) is 6.27. The molecule has 18 heavy (non-hydrogen) atoms. The molecule has 0 unspecified atom stereocenters. The van der Waals surface area contributed by atoms with Crippen molar-refractivity contribution < 1.29 is 9.90 Å². The minimum atomic E-state index is -0.938. The fraction of sp³-hybridized carbons (Fsp3) is 0.231. The van der Waals surface area contributed by atoms with Gasteiger partial charge in [-0.05, 0) is 25.0 Å². The van der Waals surface area contributed by atoms with E-state index in [1.165, 1.54) is 22.9 Å². The molecule has 0 atom stereocenters. The molecule has 0 amide bonds. The van der Waals surface area contributed by atoms with Gasteiger partial charge in [0.25, 0.3) is 0 Å². The number of carboxylic acid groups (broad SMARTS) is 1. The monoisotopic (exact) mass is 262 g/mol. The van der Waals surface area contributed by atoms with Crippen LogP contribution in [0.25, 0.3) is 0 Å². The van der Waals surface area contributed by atoms with Crippen molar-refractivity contribution in [1.82, 2.24) is 4.98 Å². The van der Waals surface area contributed by atoms with E-state index in [0.717, 1.165) is 11.3 Å². The van der Waals surface area contributed by atoms with Gasteiger partial charge in [0.2, 0.25) is 0 Å². The van der Waals surface area contributed by atoms with E-state index in [4.69, 9.17) is 5.11 Å². The second-order valence-corrected chi connectivity index (χ2v) is 5.15. The molecular weight excluding hydrogens is 248 g/mol. The number of aryl methyl sites for hydroxylation is 2. The van der Waals surface area contributed by atoms with Gasteiger partial charge in [0.1, 0.15) is 4.88 Å². The summed E-state index contributed by atoms with van der Waals surface area (Å²) in [5, 5.41) is 12.6. The van der Waals surface area contributed by atoms with Crippen molar-refractivity contribution in [3.8, 4) is 0 Å². The van der Waals surface area contributed by atoms with Crippen LogP contribution in [0.5, 0.6) is 0 Å². The maximum Gasteiger partial charge on any atom is 0.347 e. The zero-order chi connectivity index (χ0) is 13.1. The van der Waals surface area contributed by atoms with Crippen molar-refractivity contribution in [2.24, 2.45) is 0 Å². The van der Waals surface area contributed by atoms with Crippen molar-refractivity contribution >= 4 is 22.4 Å². The molecule has 0 bridgehead atoms. The third-order valence-electron chi connectivity index (χ3n) is 2.65. The molecule has 5 heteroatoms. The number of aromatic nitrogens is 1. The largest absolute Gasteiger partial charge is 0.477 e. The van der Waals surface area contributed by atoms with E-state index in [1.54, 1.807) is 0 Å². The van der Waals surface area contributed by atoms with Crippen molar-refractivity contribution in [1.29, 1.82) is 0 Å². The summed E-state index contributed by atoms with van der Waals surface area (Å²) in [5.74, 6) is -0.938. The van der Waals surface area contributed by atoms with Gasteiger partial charge in [-0.1, -0.05) is 35.1 Å². The van der Waals surface area contributed by atoms with Crippen LogP contribution in [0.1, 0.15) is 26.4 Å². The zero-order valence-corrected chi connectivity index (χ0v) is 11.0. The Balaban J connectivity index is 2.06. The summed E-state index contributed by atoms with van der Waals surface area (Å²) in [7, 11) is 0. The lowest BCUT2D eigenvalue weighted by molar-refractivity contribution is 0.0702. The lowest BCUT2D eigenvalue weighted by atomic mass is 10.1. The predicted molar refractivity (Wildman–Crippen MR) is 72.3 cm³/mol. The number of hydrogen-bond donors (Lipinski definition) is 2. The molecule has 0 aliphatic carbocycles. The quantitative estimate of drug-likeness (QED) is 0.889. The number of aromatic carboxylic acids is 1. The standard InChI is InChI=1S/C13H14N2O2S/c1-8-3-4-9(2)10(5-8)6-14-13-15-7-11(18-13)12(16)17/h3-5,7H,6H2,1-2H3,(H,14,15)(H,16,17). The second kappa shape index (κ2) is 5.18. The van der Waals surface area contributed by atoms with Crippen molar-refractivity contribution in [2.75, 3.05) is 5.32 Å². The SMILES string of the molecule is Cc1ccc(C)c(CNc2ncc(C(=O)O)s2)c1. The summed E-state index contributed by atoms with van der Waals surface area (Å²) >= 11 is 1.15. The van der Waals surface area contributed by atoms with Crippen LogP contribution in [0, 0.1) is 13.8 Å². The zero-order valence-electron chi connectivity index (χ0n) is 10.2. The first-order chi connectivity index (χ1) is 8.56. The molecule has 2 N–H and O–H groups in total. The van der Waals surface area contributed by atoms with Gasteiger partial charge >= 0.3 is 5.97 Å². The maximum absolute atomic E-state index is 10.7. The lowest BCUT2D eigenvalue weighted by Crippen LogP contribution is -2.01. The van der Waals surface area contributed by atoms with Crippen LogP contribution in [-0.4, -0.2) is 16.1 Å². The third-order valence-corrected chi connectivity index (χ3v) is 3.59. The van der Waals surface area contributed by atoms with E-state index in [9.17, 15) is 4.79 Å². The number of nitrogens with one attached hydrogen (secondary N) is 1. The van der Waals surface area contributed by atoms with E-state index < -0.39 is 5.97 Å². The van der Waals surface area contributed by atoms with E-state index >= 15 is 0 Å². The Labute approximate surface area is 109 Å². The minimum Gasteiger partial charge on any atom is -0.477 e. The first-order valence-electron chi connectivity index (χ1n) is 5.55. The average Bonchev–Trinajstić information content (AvgIpc) is 2.79. The number of anilines is 1. The molecule has 0 saturated carbocycles. The number of hydrogen-bond acceptors (Lipinski definition) is 4. The number of benzene rings is 1. The molecule has 0 aliphatic rings. The van der Waals surface area contributed by atoms with Crippen LogP contribution in [0.15, 0.2) is 24.4 Å². The van der Waals surface area contributed by atoms with Gasteiger partial charge in [0.15, 0.2) is 5.13 Å². The summed E-state index contributed by atoms with van der Waals surface area (Å²) in [6.07, 6.45) is 1.37. The first kappa shape index (κ1) is 12.6. The van der Waals surface area contributed by atoms with Gasteiger partial charge in [0, 0.05) is 6.54 Å². The van der Waals surface area contributed by atoms with Crippen molar-refractivity contribution in [2.45, 2.75) is 20.4 Å². The molecule has 0 saturated heterocycles. The molecule has 2 aromatic rings. The Bertz CT molecular complexity index is 578. The van der Waals surface area contributed by atoms with Gasteiger partial charge in [-0.3, -0.25) is 0 Å². The second-order valence-electron chi connectivity index (χ2n) is 4.12. The summed E-state index contributed by atoms with van der Waals surface area (Å²) in [6.45, 7) is 4.76. The molecule has 94 valence electrons. The van der Waals surface area contributed by atoms with Crippen LogP contribution in [0.4, 0.5) is 5.13 Å². The van der Waals surface area contributed by atoms with Crippen molar-refractivity contribution in [3.63, 3.8) is 0 Å². The van der Waals surface area contributed by atoms with Gasteiger partial charge in [-0.15, -0.1) is 0 Å². The van der Waals surface area contributed by atoms with E-state index in [2.05, 4.69) is 42.3 Å². The predicted octanol–water partition coefficient (Wildman–Crippen LogP) is 3.07. The third kappa shape index (κ3) is 2.87. The highest BCUT2D eigenvalue weighted by Gasteiger charge is 2.08. The van der Waals surface area contributed by atoms with Crippen LogP contribution in [-0.2, 0) is 6.54 Å². The highest BCUT2D eigenvalue weighted by atomic mass is 32.1. The molecule has 0 fully saturated rings. The lowest BCUT2D eigenvalue weighted by Gasteiger charge is -2.07. The Morgan fingerprint density at radius 3 is 2.89 bits per heavy atom. The topological polar surface area (TPSA) is 62.2 Å². The Morgan fingerprint density at radius 2 is 2.22 bits per heavy atom. The fourth-order valence-electron chi connectivity index (χ4n) is 1.62. The maximum atomic E-state index is 10.7. The Morgan fingerprint density at radius 1 is 1.44 bits per heavy atom. The molecule has 0 aliphatic heterocycles. The average molecular weight is 262 g/mol. The smallest absolute Gasteiger partial charge is 0.347 e.